The van der Waals surface area contributed by atoms with Crippen molar-refractivity contribution in [3.05, 3.63) is 88.6 Å². The van der Waals surface area contributed by atoms with Gasteiger partial charge in [-0.05, 0) is 61.0 Å². The van der Waals surface area contributed by atoms with E-state index in [1.54, 1.807) is 49.5 Å². The zero-order valence-corrected chi connectivity index (χ0v) is 17.3. The molecule has 3 heterocycles. The van der Waals surface area contributed by atoms with E-state index >= 15 is 0 Å². The molecule has 0 aliphatic rings. The predicted molar refractivity (Wildman–Crippen MR) is 116 cm³/mol. The molecule has 6 nitrogen and oxygen atoms in total. The Hall–Kier alpha value is -3.42. The van der Waals surface area contributed by atoms with Crippen LogP contribution in [0.3, 0.4) is 0 Å². The average Bonchev–Trinajstić information content (AvgIpc) is 2.76. The molecule has 31 heavy (non-hydrogen) atoms. The molecule has 0 spiro atoms. The molecule has 1 atom stereocenters. The molecule has 0 radical (unpaired) electrons. The number of nitrogens with zero attached hydrogens (tertiary/aromatic N) is 3. The number of aliphatic hydroxyl groups is 1. The number of amides is 1. The molecule has 1 unspecified atom stereocenters. The van der Waals surface area contributed by atoms with Gasteiger partial charge in [-0.3, -0.25) is 9.78 Å². The van der Waals surface area contributed by atoms with Crippen molar-refractivity contribution < 1.29 is 14.3 Å². The molecule has 0 saturated carbocycles. The lowest BCUT2D eigenvalue weighted by Crippen LogP contribution is -2.23. The maximum Gasteiger partial charge on any atom is 0.251 e. The molecule has 2 N–H and O–H groups in total. The first kappa shape index (κ1) is 20.8. The summed E-state index contributed by atoms with van der Waals surface area (Å²) in [6.45, 7) is 1.78. The number of aromatic nitrogens is 3. The summed E-state index contributed by atoms with van der Waals surface area (Å²) in [5.41, 5.74) is 3.14. The predicted octanol–water partition coefficient (Wildman–Crippen LogP) is 4.47. The number of hydrogen-bond donors (Lipinski definition) is 2. The van der Waals surface area contributed by atoms with Crippen LogP contribution in [0.15, 0.2) is 60.8 Å². The second kappa shape index (κ2) is 8.75. The SMILES string of the molecule is CC(O)c1cc(Cl)cc(C(=O)NCc2cc3nc(-c4cccc(F)n4)ccc3cn2)c1. The molecule has 156 valence electrons. The van der Waals surface area contributed by atoms with Gasteiger partial charge < -0.3 is 10.4 Å². The van der Waals surface area contributed by atoms with Gasteiger partial charge in [0.05, 0.1) is 35.2 Å². The molecule has 0 aliphatic heterocycles. The Balaban J connectivity index is 1.54. The van der Waals surface area contributed by atoms with Gasteiger partial charge in [0.2, 0.25) is 5.95 Å². The Labute approximate surface area is 182 Å². The third kappa shape index (κ3) is 4.84. The van der Waals surface area contributed by atoms with Crippen molar-refractivity contribution in [2.75, 3.05) is 0 Å². The van der Waals surface area contributed by atoms with E-state index in [1.165, 1.54) is 12.1 Å². The molecular weight excluding hydrogens is 419 g/mol. The minimum Gasteiger partial charge on any atom is -0.389 e. The van der Waals surface area contributed by atoms with Crippen LogP contribution in [0, 0.1) is 5.95 Å². The van der Waals surface area contributed by atoms with Gasteiger partial charge in [-0.15, -0.1) is 0 Å². The fourth-order valence-electron chi connectivity index (χ4n) is 3.11. The number of carbonyl (C=O) groups excluding carboxylic acids is 1. The van der Waals surface area contributed by atoms with Crippen LogP contribution >= 0.6 is 11.6 Å². The van der Waals surface area contributed by atoms with E-state index < -0.39 is 12.1 Å². The molecular formula is C23H18ClFN4O2. The van der Waals surface area contributed by atoms with E-state index in [2.05, 4.69) is 20.3 Å². The summed E-state index contributed by atoms with van der Waals surface area (Å²) in [6.07, 6.45) is 0.928. The number of carbonyl (C=O) groups is 1. The van der Waals surface area contributed by atoms with Gasteiger partial charge in [0.15, 0.2) is 0 Å². The number of fused-ring (bicyclic) bond motifs is 1. The maximum absolute atomic E-state index is 13.4. The lowest BCUT2D eigenvalue weighted by molar-refractivity contribution is 0.0950. The van der Waals surface area contributed by atoms with Crippen LogP contribution in [-0.4, -0.2) is 26.0 Å². The average molecular weight is 437 g/mol. The number of rotatable bonds is 5. The monoisotopic (exact) mass is 436 g/mol. The zero-order valence-electron chi connectivity index (χ0n) is 16.5. The number of hydrogen-bond acceptors (Lipinski definition) is 5. The second-order valence-corrected chi connectivity index (χ2v) is 7.48. The minimum absolute atomic E-state index is 0.176. The lowest BCUT2D eigenvalue weighted by atomic mass is 10.1. The van der Waals surface area contributed by atoms with Gasteiger partial charge in [-0.2, -0.15) is 4.39 Å². The number of nitrogens with one attached hydrogen (secondary N) is 1. The minimum atomic E-state index is -0.736. The first-order valence-corrected chi connectivity index (χ1v) is 9.92. The number of pyridine rings is 3. The topological polar surface area (TPSA) is 88.0 Å². The fraction of sp³-hybridized carbons (Fsp3) is 0.130. The van der Waals surface area contributed by atoms with Gasteiger partial charge in [-0.1, -0.05) is 17.7 Å². The normalized spacial score (nSPS) is 12.0. The van der Waals surface area contributed by atoms with Gasteiger partial charge in [0.25, 0.3) is 5.91 Å². The summed E-state index contributed by atoms with van der Waals surface area (Å²) in [7, 11) is 0. The van der Waals surface area contributed by atoms with Gasteiger partial charge in [0.1, 0.15) is 0 Å². The molecule has 3 aromatic heterocycles. The first-order chi connectivity index (χ1) is 14.9. The van der Waals surface area contributed by atoms with E-state index in [4.69, 9.17) is 11.6 Å². The maximum atomic E-state index is 13.4. The highest BCUT2D eigenvalue weighted by Crippen LogP contribution is 2.21. The van der Waals surface area contributed by atoms with Crippen LogP contribution in [0.2, 0.25) is 5.02 Å². The molecule has 1 aromatic carbocycles. The van der Waals surface area contributed by atoms with Gasteiger partial charge in [-0.25, -0.2) is 9.97 Å². The van der Waals surface area contributed by atoms with Crippen molar-refractivity contribution >= 4 is 28.4 Å². The third-order valence-corrected chi connectivity index (χ3v) is 4.92. The van der Waals surface area contributed by atoms with E-state index in [-0.39, 0.29) is 12.5 Å². The van der Waals surface area contributed by atoms with Crippen molar-refractivity contribution in [2.24, 2.45) is 0 Å². The smallest absolute Gasteiger partial charge is 0.251 e. The summed E-state index contributed by atoms with van der Waals surface area (Å²) in [6, 6.07) is 14.6. The van der Waals surface area contributed by atoms with Crippen molar-refractivity contribution in [1.82, 2.24) is 20.3 Å². The van der Waals surface area contributed by atoms with E-state index in [0.717, 1.165) is 5.39 Å². The number of halogens is 2. The highest BCUT2D eigenvalue weighted by Gasteiger charge is 2.12. The van der Waals surface area contributed by atoms with Crippen LogP contribution in [0.5, 0.6) is 0 Å². The molecule has 0 fully saturated rings. The standard InChI is InChI=1S/C23H18ClFN4O2/c1-13(30)15-7-16(9-17(24)8-15)23(31)27-12-18-10-21-14(11-26-18)5-6-20(28-21)19-3-2-4-22(25)29-19/h2-11,13,30H,12H2,1H3,(H,27,31). The van der Waals surface area contributed by atoms with Gasteiger partial charge in [0, 0.05) is 22.2 Å². The first-order valence-electron chi connectivity index (χ1n) is 9.54. The lowest BCUT2D eigenvalue weighted by Gasteiger charge is -2.10. The highest BCUT2D eigenvalue weighted by atomic mass is 35.5. The third-order valence-electron chi connectivity index (χ3n) is 4.70. The molecule has 4 aromatic rings. The Morgan fingerprint density at radius 3 is 2.71 bits per heavy atom. The van der Waals surface area contributed by atoms with Crippen LogP contribution in [0.4, 0.5) is 4.39 Å². The van der Waals surface area contributed by atoms with Crippen LogP contribution in [-0.2, 0) is 6.54 Å². The van der Waals surface area contributed by atoms with Crippen molar-refractivity contribution in [3.63, 3.8) is 0 Å². The number of aliphatic hydroxyl groups excluding tert-OH is 1. The molecule has 0 aliphatic carbocycles. The molecule has 1 amide bonds. The van der Waals surface area contributed by atoms with Crippen molar-refractivity contribution in [2.45, 2.75) is 19.6 Å². The van der Waals surface area contributed by atoms with Crippen LogP contribution in [0.1, 0.15) is 34.6 Å². The molecule has 0 saturated heterocycles. The highest BCUT2D eigenvalue weighted by molar-refractivity contribution is 6.31. The van der Waals surface area contributed by atoms with Crippen LogP contribution in [0.25, 0.3) is 22.3 Å². The summed E-state index contributed by atoms with van der Waals surface area (Å²) in [4.78, 5) is 25.3. The van der Waals surface area contributed by atoms with E-state index in [0.29, 0.717) is 38.7 Å². The largest absolute Gasteiger partial charge is 0.389 e. The van der Waals surface area contributed by atoms with E-state index in [1.807, 2.05) is 6.07 Å². The quantitative estimate of drug-likeness (QED) is 0.451. The summed E-state index contributed by atoms with van der Waals surface area (Å²) in [5.74, 6) is -0.908. The van der Waals surface area contributed by atoms with Gasteiger partial charge >= 0.3 is 0 Å². The zero-order chi connectivity index (χ0) is 22.0. The molecule has 8 heteroatoms. The molecule has 0 bridgehead atoms. The second-order valence-electron chi connectivity index (χ2n) is 7.04. The fourth-order valence-corrected chi connectivity index (χ4v) is 3.35. The molecule has 4 rings (SSSR count). The van der Waals surface area contributed by atoms with Crippen LogP contribution < -0.4 is 5.32 Å². The summed E-state index contributed by atoms with van der Waals surface area (Å²) in [5, 5.41) is 13.7. The Morgan fingerprint density at radius 2 is 1.94 bits per heavy atom. The Kier molecular flexibility index (Phi) is 5.88. The summed E-state index contributed by atoms with van der Waals surface area (Å²) >= 11 is 6.06. The number of benzene rings is 1. The van der Waals surface area contributed by atoms with E-state index in [9.17, 15) is 14.3 Å². The summed E-state index contributed by atoms with van der Waals surface area (Å²) < 4.78 is 13.4. The Bertz CT molecular complexity index is 1280. The van der Waals surface area contributed by atoms with Crippen molar-refractivity contribution in [1.29, 1.82) is 0 Å². The van der Waals surface area contributed by atoms with Crippen molar-refractivity contribution in [3.8, 4) is 11.4 Å². The Morgan fingerprint density at radius 1 is 1.13 bits per heavy atom.